The molecule has 0 radical (unpaired) electrons. The molecule has 0 aromatic heterocycles. The summed E-state index contributed by atoms with van der Waals surface area (Å²) in [6.07, 6.45) is 5.20. The Kier molecular flexibility index (Phi) is 3.68. The van der Waals surface area contributed by atoms with Gasteiger partial charge in [0.05, 0.1) is 0 Å². The first-order valence-electron chi connectivity index (χ1n) is 9.58. The Morgan fingerprint density at radius 2 is 1.48 bits per heavy atom. The molecule has 2 bridgehead atoms. The van der Waals surface area contributed by atoms with Crippen molar-refractivity contribution in [2.45, 2.75) is 37.3 Å². The number of hydrogen-bond donors (Lipinski definition) is 1. The maximum absolute atomic E-state index is 13.1. The Labute approximate surface area is 149 Å². The van der Waals surface area contributed by atoms with Crippen molar-refractivity contribution in [3.05, 3.63) is 59.9 Å². The summed E-state index contributed by atoms with van der Waals surface area (Å²) in [6.45, 7) is 3.81. The van der Waals surface area contributed by atoms with Crippen LogP contribution in [0.25, 0.3) is 11.1 Å². The molecular formula is C22H25FN2. The van der Waals surface area contributed by atoms with Gasteiger partial charge in [0.15, 0.2) is 0 Å². The van der Waals surface area contributed by atoms with E-state index in [2.05, 4.69) is 34.5 Å². The smallest absolute Gasteiger partial charge is 0.123 e. The highest BCUT2D eigenvalue weighted by atomic mass is 19.1. The predicted octanol–water partition coefficient (Wildman–Crippen LogP) is 4.17. The van der Waals surface area contributed by atoms with E-state index in [1.54, 1.807) is 0 Å². The quantitative estimate of drug-likeness (QED) is 0.902. The van der Waals surface area contributed by atoms with Gasteiger partial charge in [-0.05, 0) is 73.5 Å². The zero-order valence-electron chi connectivity index (χ0n) is 14.5. The number of nitrogens with zero attached hydrogens (tertiary/aromatic N) is 1. The first-order chi connectivity index (χ1) is 12.2. The zero-order valence-corrected chi connectivity index (χ0v) is 14.5. The third-order valence-corrected chi connectivity index (χ3v) is 6.48. The fraction of sp³-hybridized carbons (Fsp3) is 0.455. The van der Waals surface area contributed by atoms with E-state index in [-0.39, 0.29) is 11.4 Å². The molecule has 3 saturated heterocycles. The van der Waals surface area contributed by atoms with Crippen molar-refractivity contribution in [1.29, 1.82) is 0 Å². The molecule has 2 nitrogen and oxygen atoms in total. The lowest BCUT2D eigenvalue weighted by atomic mass is 9.83. The molecule has 3 heterocycles. The lowest BCUT2D eigenvalue weighted by molar-refractivity contribution is 0.0648. The monoisotopic (exact) mass is 336 g/mol. The lowest BCUT2D eigenvalue weighted by Crippen LogP contribution is -2.58. The summed E-state index contributed by atoms with van der Waals surface area (Å²) in [6, 6.07) is 16.3. The SMILES string of the molecule is Fc1ccc(-c2ccc(C3(N[C@@H]4CN5CCC4CC5)CC3)cc2)cc1. The third kappa shape index (κ3) is 2.90. The average molecular weight is 336 g/mol. The van der Waals surface area contributed by atoms with Crippen molar-refractivity contribution >= 4 is 0 Å². The number of benzene rings is 2. The molecule has 0 amide bonds. The van der Waals surface area contributed by atoms with E-state index in [0.717, 1.165) is 17.0 Å². The molecule has 1 atom stereocenters. The lowest BCUT2D eigenvalue weighted by Gasteiger charge is -2.46. The van der Waals surface area contributed by atoms with Crippen LogP contribution in [0.1, 0.15) is 31.2 Å². The second-order valence-corrected chi connectivity index (χ2v) is 8.06. The number of fused-ring (bicyclic) bond motifs is 3. The van der Waals surface area contributed by atoms with Crippen LogP contribution in [0, 0.1) is 11.7 Å². The van der Waals surface area contributed by atoms with Gasteiger partial charge in [0.1, 0.15) is 5.82 Å². The van der Waals surface area contributed by atoms with Gasteiger partial charge in [-0.2, -0.15) is 0 Å². The van der Waals surface area contributed by atoms with Crippen molar-refractivity contribution < 1.29 is 4.39 Å². The van der Waals surface area contributed by atoms with Crippen LogP contribution in [-0.4, -0.2) is 30.6 Å². The van der Waals surface area contributed by atoms with Gasteiger partial charge in [-0.25, -0.2) is 4.39 Å². The number of rotatable bonds is 4. The topological polar surface area (TPSA) is 15.3 Å². The summed E-state index contributed by atoms with van der Waals surface area (Å²) in [7, 11) is 0. The first-order valence-corrected chi connectivity index (χ1v) is 9.58. The molecule has 1 N–H and O–H groups in total. The van der Waals surface area contributed by atoms with Crippen LogP contribution in [0.15, 0.2) is 48.5 Å². The molecule has 1 aliphatic carbocycles. The van der Waals surface area contributed by atoms with E-state index < -0.39 is 0 Å². The van der Waals surface area contributed by atoms with Crippen LogP contribution < -0.4 is 5.32 Å². The summed E-state index contributed by atoms with van der Waals surface area (Å²) < 4.78 is 13.1. The second-order valence-electron chi connectivity index (χ2n) is 8.06. The molecule has 3 aliphatic heterocycles. The van der Waals surface area contributed by atoms with E-state index in [0.29, 0.717) is 6.04 Å². The molecule has 130 valence electrons. The van der Waals surface area contributed by atoms with E-state index in [1.807, 2.05) is 12.1 Å². The van der Waals surface area contributed by atoms with Gasteiger partial charge in [0.25, 0.3) is 0 Å². The molecule has 0 unspecified atom stereocenters. The largest absolute Gasteiger partial charge is 0.303 e. The standard InChI is InChI=1S/C22H25FN2/c23-20-7-3-17(4-8-20)16-1-5-19(6-2-16)22(11-12-22)24-21-15-25-13-9-18(21)10-14-25/h1-8,18,21,24H,9-15H2/t21-/m1/s1. The maximum Gasteiger partial charge on any atom is 0.123 e. The number of halogens is 1. The van der Waals surface area contributed by atoms with Crippen LogP contribution >= 0.6 is 0 Å². The Hall–Kier alpha value is -1.71. The Bertz CT molecular complexity index is 741. The van der Waals surface area contributed by atoms with Gasteiger partial charge < -0.3 is 10.2 Å². The molecule has 25 heavy (non-hydrogen) atoms. The molecule has 1 saturated carbocycles. The molecule has 2 aromatic carbocycles. The highest BCUT2D eigenvalue weighted by Crippen LogP contribution is 2.47. The molecule has 3 heteroatoms. The zero-order chi connectivity index (χ0) is 16.9. The van der Waals surface area contributed by atoms with Crippen molar-refractivity contribution in [3.63, 3.8) is 0 Å². The van der Waals surface area contributed by atoms with Crippen LogP contribution in [0.4, 0.5) is 4.39 Å². The minimum atomic E-state index is -0.181. The van der Waals surface area contributed by atoms with E-state index in [9.17, 15) is 4.39 Å². The summed E-state index contributed by atoms with van der Waals surface area (Å²) in [5, 5.41) is 4.03. The van der Waals surface area contributed by atoms with Gasteiger partial charge in [0.2, 0.25) is 0 Å². The van der Waals surface area contributed by atoms with Crippen molar-refractivity contribution in [2.75, 3.05) is 19.6 Å². The molecular weight excluding hydrogens is 311 g/mol. The Morgan fingerprint density at radius 1 is 0.880 bits per heavy atom. The maximum atomic E-state index is 13.1. The fourth-order valence-electron chi connectivity index (χ4n) is 4.75. The van der Waals surface area contributed by atoms with Gasteiger partial charge in [0, 0.05) is 18.1 Å². The predicted molar refractivity (Wildman–Crippen MR) is 98.8 cm³/mol. The number of nitrogens with one attached hydrogen (secondary N) is 1. The van der Waals surface area contributed by atoms with Gasteiger partial charge in [-0.15, -0.1) is 0 Å². The van der Waals surface area contributed by atoms with Crippen molar-refractivity contribution in [3.8, 4) is 11.1 Å². The third-order valence-electron chi connectivity index (χ3n) is 6.48. The van der Waals surface area contributed by atoms with Gasteiger partial charge in [-0.1, -0.05) is 36.4 Å². The summed E-state index contributed by atoms with van der Waals surface area (Å²) in [4.78, 5) is 2.62. The minimum absolute atomic E-state index is 0.181. The van der Waals surface area contributed by atoms with Crippen LogP contribution in [0.5, 0.6) is 0 Å². The number of piperidine rings is 3. The normalized spacial score (nSPS) is 29.6. The highest BCUT2D eigenvalue weighted by molar-refractivity contribution is 5.64. The van der Waals surface area contributed by atoms with E-state index in [1.165, 1.54) is 63.0 Å². The Balaban J connectivity index is 1.33. The molecule has 2 aromatic rings. The number of hydrogen-bond acceptors (Lipinski definition) is 2. The van der Waals surface area contributed by atoms with Gasteiger partial charge >= 0.3 is 0 Å². The van der Waals surface area contributed by atoms with Gasteiger partial charge in [-0.3, -0.25) is 0 Å². The van der Waals surface area contributed by atoms with E-state index >= 15 is 0 Å². The molecule has 6 rings (SSSR count). The van der Waals surface area contributed by atoms with Crippen LogP contribution in [0.3, 0.4) is 0 Å². The van der Waals surface area contributed by atoms with Crippen LogP contribution in [0.2, 0.25) is 0 Å². The molecule has 4 fully saturated rings. The first kappa shape index (κ1) is 15.5. The minimum Gasteiger partial charge on any atom is -0.303 e. The van der Waals surface area contributed by atoms with Crippen molar-refractivity contribution in [1.82, 2.24) is 10.2 Å². The second kappa shape index (κ2) is 5.93. The summed E-state index contributed by atoms with van der Waals surface area (Å²) in [5.41, 5.74) is 3.84. The molecule has 4 aliphatic rings. The highest BCUT2D eigenvalue weighted by Gasteiger charge is 2.48. The van der Waals surface area contributed by atoms with Crippen molar-refractivity contribution in [2.24, 2.45) is 5.92 Å². The summed E-state index contributed by atoms with van der Waals surface area (Å²) >= 11 is 0. The average Bonchev–Trinajstić information content (AvgIpc) is 3.44. The fourth-order valence-corrected chi connectivity index (χ4v) is 4.75. The van der Waals surface area contributed by atoms with E-state index in [4.69, 9.17) is 0 Å². The summed E-state index contributed by atoms with van der Waals surface area (Å²) in [5.74, 6) is 0.681. The Morgan fingerprint density at radius 3 is 2.00 bits per heavy atom. The van der Waals surface area contributed by atoms with Crippen LogP contribution in [-0.2, 0) is 5.54 Å². The molecule has 0 spiro atoms.